The molecule has 1 atom stereocenters. The minimum absolute atomic E-state index is 0.0427. The summed E-state index contributed by atoms with van der Waals surface area (Å²) in [5, 5.41) is 13.2. The van der Waals surface area contributed by atoms with Gasteiger partial charge in [0.25, 0.3) is 0 Å². The van der Waals surface area contributed by atoms with Crippen molar-refractivity contribution in [3.05, 3.63) is 102 Å². The fraction of sp³-hybridized carbons (Fsp3) is 0.160. The monoisotopic (exact) mass is 414 g/mol. The molecule has 0 spiro atoms. The third-order valence-electron chi connectivity index (χ3n) is 4.97. The van der Waals surface area contributed by atoms with Gasteiger partial charge >= 0.3 is 0 Å². The third kappa shape index (κ3) is 6.54. The summed E-state index contributed by atoms with van der Waals surface area (Å²) in [6.45, 7) is 0.363. The Morgan fingerprint density at radius 3 is 1.97 bits per heavy atom. The van der Waals surface area contributed by atoms with E-state index in [1.54, 1.807) is 24.3 Å². The number of carbonyl (C=O) groups excluding carboxylic acids is 2. The summed E-state index contributed by atoms with van der Waals surface area (Å²) in [6, 6.07) is 26.0. The summed E-state index contributed by atoms with van der Waals surface area (Å²) < 4.78 is 0. The summed E-state index contributed by atoms with van der Waals surface area (Å²) in [4.78, 5) is 25.9. The van der Waals surface area contributed by atoms with Crippen LogP contribution in [0.5, 0.6) is 0 Å². The molecule has 0 aliphatic heterocycles. The second kappa shape index (κ2) is 10.7. The standard InChI is InChI=1S/C25H26N4O2/c26-23(27)20-12-14-21(15-13-20)29-25(31)22(16-11-18-7-3-1-4-8-18)24(30)28-17-19-9-5-2-6-10-19/h1-10,12-15,22H,11,16-17H2,(H3,26,27)(H,28,30)(H,29,31). The number of benzene rings is 3. The number of hydrogen-bond acceptors (Lipinski definition) is 3. The summed E-state index contributed by atoms with van der Waals surface area (Å²) in [7, 11) is 0. The molecule has 0 saturated carbocycles. The molecule has 2 amide bonds. The van der Waals surface area contributed by atoms with Gasteiger partial charge in [0.1, 0.15) is 11.8 Å². The maximum atomic E-state index is 13.0. The predicted octanol–water partition coefficient (Wildman–Crippen LogP) is 3.47. The molecule has 5 N–H and O–H groups in total. The molecule has 0 heterocycles. The van der Waals surface area contributed by atoms with Gasteiger partial charge in [-0.1, -0.05) is 60.7 Å². The zero-order valence-electron chi connectivity index (χ0n) is 17.2. The van der Waals surface area contributed by atoms with Crippen LogP contribution in [0, 0.1) is 11.3 Å². The Kier molecular flexibility index (Phi) is 7.54. The molecule has 0 fully saturated rings. The van der Waals surface area contributed by atoms with Crippen LogP contribution in [0.3, 0.4) is 0 Å². The van der Waals surface area contributed by atoms with E-state index in [9.17, 15) is 9.59 Å². The van der Waals surface area contributed by atoms with Gasteiger partial charge in [-0.2, -0.15) is 0 Å². The number of amides is 2. The Hall–Kier alpha value is -3.93. The van der Waals surface area contributed by atoms with Crippen LogP contribution in [0.25, 0.3) is 0 Å². The minimum Gasteiger partial charge on any atom is -0.384 e. The zero-order chi connectivity index (χ0) is 22.1. The van der Waals surface area contributed by atoms with Crippen molar-refractivity contribution in [3.8, 4) is 0 Å². The number of rotatable bonds is 9. The molecule has 0 saturated heterocycles. The van der Waals surface area contributed by atoms with Gasteiger partial charge in [-0.05, 0) is 48.2 Å². The van der Waals surface area contributed by atoms with Crippen molar-refractivity contribution in [1.29, 1.82) is 5.41 Å². The first kappa shape index (κ1) is 21.8. The van der Waals surface area contributed by atoms with Crippen molar-refractivity contribution < 1.29 is 9.59 Å². The van der Waals surface area contributed by atoms with Crippen molar-refractivity contribution in [2.24, 2.45) is 11.7 Å². The molecule has 158 valence electrons. The van der Waals surface area contributed by atoms with Crippen LogP contribution in [-0.4, -0.2) is 17.6 Å². The van der Waals surface area contributed by atoms with E-state index in [-0.39, 0.29) is 17.6 Å². The lowest BCUT2D eigenvalue weighted by Crippen LogP contribution is -2.38. The molecule has 0 radical (unpaired) electrons. The normalized spacial score (nSPS) is 11.4. The molecule has 6 heteroatoms. The van der Waals surface area contributed by atoms with Gasteiger partial charge in [0, 0.05) is 17.8 Å². The van der Waals surface area contributed by atoms with E-state index in [0.29, 0.717) is 30.6 Å². The number of anilines is 1. The van der Waals surface area contributed by atoms with Crippen molar-refractivity contribution in [3.63, 3.8) is 0 Å². The van der Waals surface area contributed by atoms with Gasteiger partial charge in [-0.3, -0.25) is 15.0 Å². The lowest BCUT2D eigenvalue weighted by Gasteiger charge is -2.17. The molecule has 0 aromatic heterocycles. The number of nitrogens with one attached hydrogen (secondary N) is 3. The molecule has 3 aromatic carbocycles. The van der Waals surface area contributed by atoms with E-state index < -0.39 is 5.92 Å². The average molecular weight is 415 g/mol. The van der Waals surface area contributed by atoms with Crippen LogP contribution in [-0.2, 0) is 22.6 Å². The highest BCUT2D eigenvalue weighted by molar-refractivity contribution is 6.06. The lowest BCUT2D eigenvalue weighted by molar-refractivity contribution is -0.132. The highest BCUT2D eigenvalue weighted by atomic mass is 16.2. The van der Waals surface area contributed by atoms with Crippen molar-refractivity contribution in [2.75, 3.05) is 5.32 Å². The minimum atomic E-state index is -0.837. The lowest BCUT2D eigenvalue weighted by atomic mass is 9.97. The first-order chi connectivity index (χ1) is 15.0. The van der Waals surface area contributed by atoms with E-state index in [4.69, 9.17) is 11.1 Å². The number of aryl methyl sites for hydroxylation is 1. The van der Waals surface area contributed by atoms with Gasteiger partial charge in [-0.25, -0.2) is 0 Å². The van der Waals surface area contributed by atoms with Crippen molar-refractivity contribution in [2.45, 2.75) is 19.4 Å². The molecule has 3 aromatic rings. The Morgan fingerprint density at radius 1 is 0.806 bits per heavy atom. The van der Waals surface area contributed by atoms with Crippen LogP contribution in [0.2, 0.25) is 0 Å². The molecule has 0 aliphatic carbocycles. The van der Waals surface area contributed by atoms with E-state index in [2.05, 4.69) is 10.6 Å². The molecular weight excluding hydrogens is 388 g/mol. The number of nitrogens with two attached hydrogens (primary N) is 1. The van der Waals surface area contributed by atoms with Crippen LogP contribution in [0.4, 0.5) is 5.69 Å². The van der Waals surface area contributed by atoms with Crippen molar-refractivity contribution >= 4 is 23.3 Å². The van der Waals surface area contributed by atoms with Gasteiger partial charge in [0.15, 0.2) is 0 Å². The maximum Gasteiger partial charge on any atom is 0.236 e. The fourth-order valence-corrected chi connectivity index (χ4v) is 3.21. The summed E-state index contributed by atoms with van der Waals surface area (Å²) in [5.74, 6) is -1.55. The highest BCUT2D eigenvalue weighted by Gasteiger charge is 2.26. The largest absolute Gasteiger partial charge is 0.384 e. The van der Waals surface area contributed by atoms with Crippen LogP contribution in [0.1, 0.15) is 23.1 Å². The summed E-state index contributed by atoms with van der Waals surface area (Å²) >= 11 is 0. The first-order valence-electron chi connectivity index (χ1n) is 10.1. The molecule has 0 aliphatic rings. The van der Waals surface area contributed by atoms with Gasteiger partial charge < -0.3 is 16.4 Å². The molecule has 6 nitrogen and oxygen atoms in total. The zero-order valence-corrected chi connectivity index (χ0v) is 17.2. The number of carbonyl (C=O) groups is 2. The maximum absolute atomic E-state index is 13.0. The molecule has 1 unspecified atom stereocenters. The first-order valence-corrected chi connectivity index (χ1v) is 10.1. The summed E-state index contributed by atoms with van der Waals surface area (Å²) in [6.07, 6.45) is 1.00. The average Bonchev–Trinajstić information content (AvgIpc) is 2.79. The Balaban J connectivity index is 1.69. The Bertz CT molecular complexity index is 1020. The SMILES string of the molecule is N=C(N)c1ccc(NC(=O)C(CCc2ccccc2)C(=O)NCc2ccccc2)cc1. The Labute approximate surface area is 182 Å². The third-order valence-corrected chi connectivity index (χ3v) is 4.97. The fourth-order valence-electron chi connectivity index (χ4n) is 3.21. The smallest absolute Gasteiger partial charge is 0.236 e. The molecular formula is C25H26N4O2. The van der Waals surface area contributed by atoms with Crippen LogP contribution in [0.15, 0.2) is 84.9 Å². The summed E-state index contributed by atoms with van der Waals surface area (Å²) in [5.41, 5.74) is 8.63. The second-order valence-corrected chi connectivity index (χ2v) is 7.26. The van der Waals surface area contributed by atoms with Gasteiger partial charge in [0.2, 0.25) is 11.8 Å². The molecule has 3 rings (SSSR count). The highest BCUT2D eigenvalue weighted by Crippen LogP contribution is 2.16. The Morgan fingerprint density at radius 2 is 1.39 bits per heavy atom. The molecule has 31 heavy (non-hydrogen) atoms. The van der Waals surface area contributed by atoms with E-state index in [0.717, 1.165) is 11.1 Å². The van der Waals surface area contributed by atoms with E-state index in [1.165, 1.54) is 0 Å². The van der Waals surface area contributed by atoms with Crippen LogP contribution < -0.4 is 16.4 Å². The van der Waals surface area contributed by atoms with Crippen molar-refractivity contribution in [1.82, 2.24) is 5.32 Å². The van der Waals surface area contributed by atoms with Gasteiger partial charge in [0.05, 0.1) is 0 Å². The second-order valence-electron chi connectivity index (χ2n) is 7.26. The van der Waals surface area contributed by atoms with Gasteiger partial charge in [-0.15, -0.1) is 0 Å². The topological polar surface area (TPSA) is 108 Å². The number of hydrogen-bond donors (Lipinski definition) is 4. The van der Waals surface area contributed by atoms with E-state index in [1.807, 2.05) is 60.7 Å². The van der Waals surface area contributed by atoms with Crippen LogP contribution >= 0.6 is 0 Å². The van der Waals surface area contributed by atoms with E-state index >= 15 is 0 Å². The number of nitrogen functional groups attached to an aromatic ring is 1. The molecule has 0 bridgehead atoms. The number of amidine groups is 1. The quantitative estimate of drug-likeness (QED) is 0.245. The predicted molar refractivity (Wildman–Crippen MR) is 123 cm³/mol.